The second kappa shape index (κ2) is 4.88. The van der Waals surface area contributed by atoms with Gasteiger partial charge in [0.1, 0.15) is 0 Å². The van der Waals surface area contributed by atoms with E-state index in [1.807, 2.05) is 37.3 Å². The fraction of sp³-hybridized carbons (Fsp3) is 0.250. The molecule has 0 aliphatic rings. The highest BCUT2D eigenvalue weighted by Crippen LogP contribution is 2.25. The van der Waals surface area contributed by atoms with Gasteiger partial charge >= 0.3 is 0 Å². The van der Waals surface area contributed by atoms with Gasteiger partial charge in [-0.05, 0) is 19.1 Å². The van der Waals surface area contributed by atoms with Crippen LogP contribution in [-0.4, -0.2) is 28.0 Å². The minimum Gasteiger partial charge on any atom is -0.395 e. The summed E-state index contributed by atoms with van der Waals surface area (Å²) in [4.78, 5) is 0. The molecule has 1 aromatic carbocycles. The minimum atomic E-state index is 0.0540. The molecule has 2 rings (SSSR count). The molecule has 0 aliphatic carbocycles. The average molecular weight is 232 g/mol. The van der Waals surface area contributed by atoms with Gasteiger partial charge in [0.25, 0.3) is 0 Å². The van der Waals surface area contributed by atoms with Crippen molar-refractivity contribution in [2.75, 3.05) is 24.2 Å². The first-order valence-electron chi connectivity index (χ1n) is 5.49. The summed E-state index contributed by atoms with van der Waals surface area (Å²) in [5, 5.41) is 16.3. The Kier molecular flexibility index (Phi) is 3.30. The van der Waals surface area contributed by atoms with Gasteiger partial charge in [-0.3, -0.25) is 0 Å². The van der Waals surface area contributed by atoms with Gasteiger partial charge in [0.15, 0.2) is 5.82 Å². The Hall–Kier alpha value is -2.01. The standard InChI is InChI=1S/C12H16N4O/c1-9-11(13)12(14-7-8-17)16(15-9)10-5-3-2-4-6-10/h2-6,14,17H,7-8,13H2,1H3. The van der Waals surface area contributed by atoms with E-state index < -0.39 is 0 Å². The molecule has 1 heterocycles. The Bertz CT molecular complexity index is 493. The molecule has 2 aromatic rings. The third kappa shape index (κ3) is 2.24. The molecular weight excluding hydrogens is 216 g/mol. The van der Waals surface area contributed by atoms with E-state index in [1.54, 1.807) is 4.68 Å². The van der Waals surface area contributed by atoms with Crippen molar-refractivity contribution in [3.8, 4) is 5.69 Å². The summed E-state index contributed by atoms with van der Waals surface area (Å²) in [5.41, 5.74) is 8.28. The van der Waals surface area contributed by atoms with Gasteiger partial charge in [-0.15, -0.1) is 0 Å². The van der Waals surface area contributed by atoms with Crippen LogP contribution < -0.4 is 11.1 Å². The van der Waals surface area contributed by atoms with E-state index in [0.717, 1.165) is 17.2 Å². The summed E-state index contributed by atoms with van der Waals surface area (Å²) >= 11 is 0. The predicted octanol–water partition coefficient (Wildman–Crippen LogP) is 1.17. The second-order valence-corrected chi connectivity index (χ2v) is 3.75. The predicted molar refractivity (Wildman–Crippen MR) is 68.3 cm³/mol. The SMILES string of the molecule is Cc1nn(-c2ccccc2)c(NCCO)c1N. The highest BCUT2D eigenvalue weighted by molar-refractivity contribution is 5.67. The topological polar surface area (TPSA) is 76.1 Å². The molecule has 5 nitrogen and oxygen atoms in total. The molecule has 17 heavy (non-hydrogen) atoms. The van der Waals surface area contributed by atoms with Crippen molar-refractivity contribution in [3.63, 3.8) is 0 Å². The number of anilines is 2. The van der Waals surface area contributed by atoms with Crippen LogP contribution in [0, 0.1) is 6.92 Å². The van der Waals surface area contributed by atoms with E-state index >= 15 is 0 Å². The fourth-order valence-electron chi connectivity index (χ4n) is 1.64. The van der Waals surface area contributed by atoms with Crippen LogP contribution in [0.1, 0.15) is 5.69 Å². The van der Waals surface area contributed by atoms with Crippen molar-refractivity contribution in [3.05, 3.63) is 36.0 Å². The first-order chi connectivity index (χ1) is 8.24. The molecule has 0 saturated carbocycles. The Morgan fingerprint density at radius 1 is 1.35 bits per heavy atom. The number of aromatic nitrogens is 2. The second-order valence-electron chi connectivity index (χ2n) is 3.75. The monoisotopic (exact) mass is 232 g/mol. The number of aryl methyl sites for hydroxylation is 1. The van der Waals surface area contributed by atoms with Crippen LogP contribution in [0.2, 0.25) is 0 Å². The summed E-state index contributed by atoms with van der Waals surface area (Å²) in [5.74, 6) is 0.725. The number of para-hydroxylation sites is 1. The minimum absolute atomic E-state index is 0.0540. The number of aliphatic hydroxyl groups is 1. The lowest BCUT2D eigenvalue weighted by atomic mass is 10.3. The van der Waals surface area contributed by atoms with Crippen molar-refractivity contribution in [2.45, 2.75) is 6.92 Å². The smallest absolute Gasteiger partial charge is 0.153 e. The van der Waals surface area contributed by atoms with Gasteiger partial charge < -0.3 is 16.2 Å². The molecule has 0 aliphatic heterocycles. The van der Waals surface area contributed by atoms with Gasteiger partial charge in [-0.2, -0.15) is 5.10 Å². The van der Waals surface area contributed by atoms with Crippen LogP contribution in [0.3, 0.4) is 0 Å². The number of rotatable bonds is 4. The molecule has 0 spiro atoms. The molecule has 90 valence electrons. The van der Waals surface area contributed by atoms with Gasteiger partial charge in [-0.1, -0.05) is 18.2 Å². The zero-order valence-corrected chi connectivity index (χ0v) is 9.72. The molecule has 1 aromatic heterocycles. The third-order valence-electron chi connectivity index (χ3n) is 2.51. The quantitative estimate of drug-likeness (QED) is 0.739. The first-order valence-corrected chi connectivity index (χ1v) is 5.49. The number of nitrogens with two attached hydrogens (primary N) is 1. The average Bonchev–Trinajstić information content (AvgIpc) is 2.65. The number of nitrogens with one attached hydrogen (secondary N) is 1. The highest BCUT2D eigenvalue weighted by atomic mass is 16.3. The first kappa shape index (κ1) is 11.5. The van der Waals surface area contributed by atoms with E-state index in [1.165, 1.54) is 0 Å². The Balaban J connectivity index is 2.43. The van der Waals surface area contributed by atoms with Crippen molar-refractivity contribution in [1.29, 1.82) is 0 Å². The molecule has 0 unspecified atom stereocenters. The van der Waals surface area contributed by atoms with Crippen molar-refractivity contribution in [2.24, 2.45) is 0 Å². The van der Waals surface area contributed by atoms with E-state index in [2.05, 4.69) is 10.4 Å². The van der Waals surface area contributed by atoms with Crippen LogP contribution in [0.4, 0.5) is 11.5 Å². The van der Waals surface area contributed by atoms with Crippen molar-refractivity contribution in [1.82, 2.24) is 9.78 Å². The lowest BCUT2D eigenvalue weighted by molar-refractivity contribution is 0.311. The van der Waals surface area contributed by atoms with Crippen LogP contribution >= 0.6 is 0 Å². The fourth-order valence-corrected chi connectivity index (χ4v) is 1.64. The highest BCUT2D eigenvalue weighted by Gasteiger charge is 2.12. The molecular formula is C12H16N4O. The maximum atomic E-state index is 8.85. The maximum absolute atomic E-state index is 8.85. The van der Waals surface area contributed by atoms with Crippen molar-refractivity contribution >= 4 is 11.5 Å². The number of hydrogen-bond donors (Lipinski definition) is 3. The zero-order chi connectivity index (χ0) is 12.3. The molecule has 5 heteroatoms. The molecule has 0 radical (unpaired) electrons. The summed E-state index contributed by atoms with van der Waals surface area (Å²) in [6.45, 7) is 2.36. The van der Waals surface area contributed by atoms with Crippen LogP contribution in [0.5, 0.6) is 0 Å². The largest absolute Gasteiger partial charge is 0.395 e. The van der Waals surface area contributed by atoms with E-state index in [4.69, 9.17) is 10.8 Å². The molecule has 0 saturated heterocycles. The molecule has 0 amide bonds. The van der Waals surface area contributed by atoms with Crippen molar-refractivity contribution < 1.29 is 5.11 Å². The summed E-state index contributed by atoms with van der Waals surface area (Å²) in [6.07, 6.45) is 0. The number of nitrogen functional groups attached to an aromatic ring is 1. The molecule has 0 atom stereocenters. The number of benzene rings is 1. The van der Waals surface area contributed by atoms with Crippen LogP contribution in [0.15, 0.2) is 30.3 Å². The van der Waals surface area contributed by atoms with Gasteiger partial charge in [0.2, 0.25) is 0 Å². The van der Waals surface area contributed by atoms with E-state index in [-0.39, 0.29) is 6.61 Å². The number of aliphatic hydroxyl groups excluding tert-OH is 1. The van der Waals surface area contributed by atoms with E-state index in [0.29, 0.717) is 12.2 Å². The Morgan fingerprint density at radius 2 is 2.06 bits per heavy atom. The summed E-state index contributed by atoms with van der Waals surface area (Å²) < 4.78 is 1.75. The van der Waals surface area contributed by atoms with Gasteiger partial charge in [0, 0.05) is 6.54 Å². The maximum Gasteiger partial charge on any atom is 0.153 e. The Morgan fingerprint density at radius 3 is 2.71 bits per heavy atom. The Labute approximate surface area is 99.9 Å². The third-order valence-corrected chi connectivity index (χ3v) is 2.51. The van der Waals surface area contributed by atoms with Gasteiger partial charge in [-0.25, -0.2) is 4.68 Å². The molecule has 0 fully saturated rings. The summed E-state index contributed by atoms with van der Waals surface area (Å²) in [7, 11) is 0. The normalized spacial score (nSPS) is 10.5. The lowest BCUT2D eigenvalue weighted by Crippen LogP contribution is -2.11. The molecule has 4 N–H and O–H groups in total. The summed E-state index contributed by atoms with van der Waals surface area (Å²) in [6, 6.07) is 9.74. The lowest BCUT2D eigenvalue weighted by Gasteiger charge is -2.09. The van der Waals surface area contributed by atoms with Crippen LogP contribution in [-0.2, 0) is 0 Å². The van der Waals surface area contributed by atoms with Crippen LogP contribution in [0.25, 0.3) is 5.69 Å². The molecule has 0 bridgehead atoms. The zero-order valence-electron chi connectivity index (χ0n) is 9.72. The van der Waals surface area contributed by atoms with E-state index in [9.17, 15) is 0 Å². The number of hydrogen-bond acceptors (Lipinski definition) is 4. The van der Waals surface area contributed by atoms with Gasteiger partial charge in [0.05, 0.1) is 23.7 Å². The number of nitrogens with zero attached hydrogens (tertiary/aromatic N) is 2.